The number of anilines is 2. The second-order valence-electron chi connectivity index (χ2n) is 6.03. The molecule has 2 aromatic carbocycles. The lowest BCUT2D eigenvalue weighted by Gasteiger charge is -2.08. The quantitative estimate of drug-likeness (QED) is 0.544. The molecule has 0 amide bonds. The number of unbranched alkanes of at least 4 members (excludes halogenated alkanes) is 2. The summed E-state index contributed by atoms with van der Waals surface area (Å²) in [5, 5.41) is 4.09. The van der Waals surface area contributed by atoms with E-state index in [0.717, 1.165) is 28.3 Å². The Morgan fingerprint density at radius 1 is 0.815 bits per heavy atom. The van der Waals surface area contributed by atoms with Crippen molar-refractivity contribution in [3.05, 3.63) is 53.1 Å². The number of aliphatic imine (C=N–C) groups is 1. The number of hydrogen-bond donors (Lipinski definition) is 1. The van der Waals surface area contributed by atoms with Gasteiger partial charge in [-0.1, -0.05) is 97.0 Å². The van der Waals surface area contributed by atoms with Crippen LogP contribution in [-0.4, -0.2) is 5.71 Å². The van der Waals surface area contributed by atoms with Gasteiger partial charge in [-0.05, 0) is 31.2 Å². The lowest BCUT2D eigenvalue weighted by atomic mass is 10.1. The van der Waals surface area contributed by atoms with Crippen molar-refractivity contribution in [1.82, 2.24) is 0 Å². The fraction of sp³-hybridized carbons (Fsp3) is 0.458. The van der Waals surface area contributed by atoms with E-state index in [-0.39, 0.29) is 0 Å². The third-order valence-corrected chi connectivity index (χ3v) is 4.07. The molecule has 150 valence electrons. The molecule has 0 fully saturated rings. The van der Waals surface area contributed by atoms with Gasteiger partial charge in [0.25, 0.3) is 0 Å². The molecule has 0 aromatic heterocycles. The van der Waals surface area contributed by atoms with Gasteiger partial charge in [0.15, 0.2) is 0 Å². The fourth-order valence-electron chi connectivity index (χ4n) is 2.00. The number of hydrogen-bond acceptors (Lipinski definition) is 2. The molecule has 1 aliphatic rings. The van der Waals surface area contributed by atoms with Crippen LogP contribution in [0.3, 0.4) is 0 Å². The Labute approximate surface area is 172 Å². The Balaban J connectivity index is 0.000000572. The highest BCUT2D eigenvalue weighted by Crippen LogP contribution is 2.35. The van der Waals surface area contributed by atoms with Crippen LogP contribution in [0, 0.1) is 0 Å². The van der Waals surface area contributed by atoms with Crippen molar-refractivity contribution in [3.63, 3.8) is 0 Å². The molecular weight excluding hydrogens is 352 g/mol. The van der Waals surface area contributed by atoms with Gasteiger partial charge < -0.3 is 5.32 Å². The van der Waals surface area contributed by atoms with E-state index >= 15 is 0 Å². The first kappa shape index (κ1) is 25.2. The molecule has 2 aromatic rings. The van der Waals surface area contributed by atoms with Crippen LogP contribution in [0.5, 0.6) is 0 Å². The largest absolute Gasteiger partial charge is 0.353 e. The number of para-hydroxylation sites is 1. The van der Waals surface area contributed by atoms with Crippen LogP contribution in [0.25, 0.3) is 0 Å². The maximum atomic E-state index is 5.99. The van der Waals surface area contributed by atoms with Crippen LogP contribution < -0.4 is 5.32 Å². The third-order valence-electron chi connectivity index (χ3n) is 3.83. The first-order valence-corrected chi connectivity index (χ1v) is 10.7. The Kier molecular flexibility index (Phi) is 14.3. The Morgan fingerprint density at radius 3 is 1.93 bits per heavy atom. The number of benzene rings is 2. The highest BCUT2D eigenvalue weighted by molar-refractivity contribution is 6.31. The van der Waals surface area contributed by atoms with E-state index in [4.69, 9.17) is 11.6 Å². The molecule has 0 spiro atoms. The van der Waals surface area contributed by atoms with Gasteiger partial charge in [-0.25, -0.2) is 0 Å². The van der Waals surface area contributed by atoms with Crippen molar-refractivity contribution < 1.29 is 0 Å². The average molecular weight is 389 g/mol. The van der Waals surface area contributed by atoms with Crippen LogP contribution >= 0.6 is 11.6 Å². The molecule has 27 heavy (non-hydrogen) atoms. The predicted octanol–water partition coefficient (Wildman–Crippen LogP) is 9.18. The number of halogens is 1. The first-order chi connectivity index (χ1) is 13.1. The van der Waals surface area contributed by atoms with Gasteiger partial charge in [0.2, 0.25) is 0 Å². The van der Waals surface area contributed by atoms with E-state index < -0.39 is 0 Å². The molecule has 3 heteroatoms. The van der Waals surface area contributed by atoms with Crippen molar-refractivity contribution >= 4 is 34.4 Å². The van der Waals surface area contributed by atoms with Gasteiger partial charge in [-0.15, -0.1) is 0 Å². The number of fused-ring (bicyclic) bond motifs is 2. The van der Waals surface area contributed by atoms with Crippen molar-refractivity contribution in [2.45, 2.75) is 74.1 Å². The molecule has 0 bridgehead atoms. The summed E-state index contributed by atoms with van der Waals surface area (Å²) in [6, 6.07) is 13.8. The van der Waals surface area contributed by atoms with E-state index in [1.54, 1.807) is 0 Å². The fourth-order valence-corrected chi connectivity index (χ4v) is 2.16. The molecule has 1 aliphatic heterocycles. The maximum absolute atomic E-state index is 5.99. The summed E-state index contributed by atoms with van der Waals surface area (Å²) in [6.45, 7) is 14.7. The van der Waals surface area contributed by atoms with E-state index in [1.165, 1.54) is 25.7 Å². The highest BCUT2D eigenvalue weighted by atomic mass is 35.5. The Bertz CT molecular complexity index is 670. The maximum Gasteiger partial charge on any atom is 0.0882 e. The molecule has 0 saturated heterocycles. The summed E-state index contributed by atoms with van der Waals surface area (Å²) in [6.07, 6.45) is 5.28. The highest BCUT2D eigenvalue weighted by Gasteiger charge is 2.12. The molecule has 0 radical (unpaired) electrons. The molecule has 3 rings (SSSR count). The normalized spacial score (nSPS) is 10.6. The van der Waals surface area contributed by atoms with E-state index in [2.05, 4.69) is 50.1 Å². The second-order valence-corrected chi connectivity index (χ2v) is 6.47. The molecule has 1 heterocycles. The molecular formula is C24H37ClN2. The summed E-state index contributed by atoms with van der Waals surface area (Å²) in [4.78, 5) is 4.61. The topological polar surface area (TPSA) is 24.4 Å². The lowest BCUT2D eigenvalue weighted by molar-refractivity contribution is 0.886. The molecule has 1 N–H and O–H groups in total. The Morgan fingerprint density at radius 2 is 1.37 bits per heavy atom. The minimum absolute atomic E-state index is 0.702. The summed E-state index contributed by atoms with van der Waals surface area (Å²) >= 11 is 5.99. The smallest absolute Gasteiger partial charge is 0.0882 e. The zero-order chi connectivity index (χ0) is 20.7. The Hall–Kier alpha value is -1.80. The van der Waals surface area contributed by atoms with E-state index in [1.807, 2.05) is 51.1 Å². The number of nitrogens with one attached hydrogen (secondary N) is 1. The van der Waals surface area contributed by atoms with Gasteiger partial charge in [-0.3, -0.25) is 4.99 Å². The molecule has 0 saturated carbocycles. The van der Waals surface area contributed by atoms with E-state index in [0.29, 0.717) is 5.02 Å². The van der Waals surface area contributed by atoms with Gasteiger partial charge in [0.1, 0.15) is 0 Å². The van der Waals surface area contributed by atoms with Crippen LogP contribution in [0.1, 0.15) is 79.7 Å². The van der Waals surface area contributed by atoms with Crippen LogP contribution in [0.15, 0.2) is 47.5 Å². The average Bonchev–Trinajstić information content (AvgIpc) is 2.85. The standard InChI is InChI=1S/C14H11ClN2.2C4H10.C2H6/c1-9-11-4-2-3-5-12(11)17-13-7-6-10(15)8-14(13)16-9;2*1-3-4-2;1-2/h2-8,17H,1H3;2*3-4H2,1-2H3;1-2H3. The second kappa shape index (κ2) is 15.3. The van der Waals surface area contributed by atoms with Gasteiger partial charge in [0.05, 0.1) is 11.4 Å². The number of rotatable bonds is 2. The minimum atomic E-state index is 0.702. The summed E-state index contributed by atoms with van der Waals surface area (Å²) in [7, 11) is 0. The zero-order valence-corrected chi connectivity index (χ0v) is 19.0. The lowest BCUT2D eigenvalue weighted by Crippen LogP contribution is -1.97. The minimum Gasteiger partial charge on any atom is -0.353 e. The van der Waals surface area contributed by atoms with Gasteiger partial charge in [0, 0.05) is 22.0 Å². The molecule has 0 unspecified atom stereocenters. The van der Waals surface area contributed by atoms with Gasteiger partial charge in [-0.2, -0.15) is 0 Å². The predicted molar refractivity (Wildman–Crippen MR) is 126 cm³/mol. The summed E-state index contributed by atoms with van der Waals surface area (Å²) in [5.74, 6) is 0. The third kappa shape index (κ3) is 9.10. The summed E-state index contributed by atoms with van der Waals surface area (Å²) < 4.78 is 0. The van der Waals surface area contributed by atoms with Crippen molar-refractivity contribution in [3.8, 4) is 0 Å². The number of nitrogens with zero attached hydrogens (tertiary/aromatic N) is 1. The monoisotopic (exact) mass is 388 g/mol. The van der Waals surface area contributed by atoms with Gasteiger partial charge >= 0.3 is 0 Å². The van der Waals surface area contributed by atoms with Crippen molar-refractivity contribution in [2.75, 3.05) is 5.32 Å². The van der Waals surface area contributed by atoms with E-state index in [9.17, 15) is 0 Å². The van der Waals surface area contributed by atoms with Crippen LogP contribution in [0.2, 0.25) is 5.02 Å². The van der Waals surface area contributed by atoms with Crippen LogP contribution in [-0.2, 0) is 0 Å². The van der Waals surface area contributed by atoms with Crippen LogP contribution in [0.4, 0.5) is 17.1 Å². The zero-order valence-electron chi connectivity index (χ0n) is 18.2. The molecule has 2 nitrogen and oxygen atoms in total. The summed E-state index contributed by atoms with van der Waals surface area (Å²) in [5.41, 5.74) is 5.06. The molecule has 0 aliphatic carbocycles. The van der Waals surface area contributed by atoms with Crippen molar-refractivity contribution in [2.24, 2.45) is 4.99 Å². The van der Waals surface area contributed by atoms with Crippen molar-refractivity contribution in [1.29, 1.82) is 0 Å². The molecule has 0 atom stereocenters. The first-order valence-electron chi connectivity index (χ1n) is 10.3. The SMILES string of the molecule is CC.CC1=Nc2cc(Cl)ccc2Nc2ccccc21.CCCC.CCCC.